The summed E-state index contributed by atoms with van der Waals surface area (Å²) in [4.78, 5) is 10.9. The molecular formula is C7H13NO. The topological polar surface area (TPSA) is 29.1 Å². The van der Waals surface area contributed by atoms with Gasteiger partial charge in [-0.05, 0) is 11.8 Å². The molecule has 0 bridgehead atoms. The Morgan fingerprint density at radius 3 is 2.22 bits per heavy atom. The second-order valence-electron chi connectivity index (χ2n) is 3.36. The Morgan fingerprint density at radius 1 is 1.67 bits per heavy atom. The minimum Gasteiger partial charge on any atom is -0.359 e. The fourth-order valence-electron chi connectivity index (χ4n) is 1.09. The van der Waals surface area contributed by atoms with Gasteiger partial charge in [0.2, 0.25) is 5.91 Å². The van der Waals surface area contributed by atoms with Crippen molar-refractivity contribution in [1.29, 1.82) is 0 Å². The standard InChI is InChI=1S/C7H13NO/c1-7(2)4-5(7)6(9)8-3/h5H,4H2,1-3H3,(H,8,9). The molecule has 9 heavy (non-hydrogen) atoms. The van der Waals surface area contributed by atoms with E-state index in [0.717, 1.165) is 6.42 Å². The van der Waals surface area contributed by atoms with E-state index >= 15 is 0 Å². The molecule has 1 fully saturated rings. The number of nitrogens with one attached hydrogen (secondary N) is 1. The molecule has 0 aromatic heterocycles. The van der Waals surface area contributed by atoms with Gasteiger partial charge in [0.25, 0.3) is 0 Å². The monoisotopic (exact) mass is 127 g/mol. The van der Waals surface area contributed by atoms with Crippen molar-refractivity contribution >= 4 is 5.91 Å². The van der Waals surface area contributed by atoms with E-state index in [1.54, 1.807) is 7.05 Å². The zero-order valence-electron chi connectivity index (χ0n) is 6.19. The molecule has 0 saturated heterocycles. The first-order chi connectivity index (χ1) is 4.08. The van der Waals surface area contributed by atoms with E-state index in [4.69, 9.17) is 0 Å². The van der Waals surface area contributed by atoms with Crippen molar-refractivity contribution < 1.29 is 4.79 Å². The van der Waals surface area contributed by atoms with E-state index in [2.05, 4.69) is 19.2 Å². The van der Waals surface area contributed by atoms with E-state index in [0.29, 0.717) is 0 Å². The lowest BCUT2D eigenvalue weighted by atomic mass is 10.1. The van der Waals surface area contributed by atoms with Crippen molar-refractivity contribution in [3.05, 3.63) is 0 Å². The Kier molecular flexibility index (Phi) is 1.26. The average Bonchev–Trinajstić information content (AvgIpc) is 2.38. The predicted molar refractivity (Wildman–Crippen MR) is 36.0 cm³/mol. The Labute approximate surface area is 55.6 Å². The zero-order valence-corrected chi connectivity index (χ0v) is 6.19. The number of hydrogen-bond acceptors (Lipinski definition) is 1. The summed E-state index contributed by atoms with van der Waals surface area (Å²) in [6.45, 7) is 4.24. The van der Waals surface area contributed by atoms with Crippen LogP contribution in [0.2, 0.25) is 0 Å². The van der Waals surface area contributed by atoms with Crippen molar-refractivity contribution in [3.8, 4) is 0 Å². The van der Waals surface area contributed by atoms with Gasteiger partial charge in [0.05, 0.1) is 0 Å². The van der Waals surface area contributed by atoms with Crippen LogP contribution in [0.25, 0.3) is 0 Å². The lowest BCUT2D eigenvalue weighted by Gasteiger charge is -1.99. The summed E-state index contributed by atoms with van der Waals surface area (Å²) in [5.74, 6) is 0.475. The minimum atomic E-state index is 0.194. The van der Waals surface area contributed by atoms with Crippen LogP contribution < -0.4 is 5.32 Å². The molecule has 0 heterocycles. The van der Waals surface area contributed by atoms with Gasteiger partial charge < -0.3 is 5.32 Å². The molecule has 1 rings (SSSR count). The molecule has 1 amide bonds. The fraction of sp³-hybridized carbons (Fsp3) is 0.857. The molecule has 1 saturated carbocycles. The first-order valence-corrected chi connectivity index (χ1v) is 3.29. The summed E-state index contributed by atoms with van der Waals surface area (Å²) in [6, 6.07) is 0. The maximum Gasteiger partial charge on any atom is 0.223 e. The first-order valence-electron chi connectivity index (χ1n) is 3.29. The number of carbonyl (C=O) groups excluding carboxylic acids is 1. The minimum absolute atomic E-state index is 0.194. The highest BCUT2D eigenvalue weighted by Crippen LogP contribution is 2.51. The third-order valence-corrected chi connectivity index (χ3v) is 2.08. The predicted octanol–water partition coefficient (Wildman–Crippen LogP) is 0.778. The van der Waals surface area contributed by atoms with E-state index in [-0.39, 0.29) is 17.2 Å². The molecule has 2 heteroatoms. The largest absolute Gasteiger partial charge is 0.359 e. The quantitative estimate of drug-likeness (QED) is 0.554. The van der Waals surface area contributed by atoms with Gasteiger partial charge in [-0.25, -0.2) is 0 Å². The van der Waals surface area contributed by atoms with Crippen LogP contribution in [0.15, 0.2) is 0 Å². The smallest absolute Gasteiger partial charge is 0.223 e. The molecule has 0 spiro atoms. The molecule has 1 aliphatic rings. The van der Waals surface area contributed by atoms with Gasteiger partial charge in [-0.3, -0.25) is 4.79 Å². The Hall–Kier alpha value is -0.530. The van der Waals surface area contributed by atoms with Crippen molar-refractivity contribution in [2.75, 3.05) is 7.05 Å². The van der Waals surface area contributed by atoms with E-state index in [1.807, 2.05) is 0 Å². The summed E-state index contributed by atoms with van der Waals surface area (Å²) >= 11 is 0. The maximum atomic E-state index is 10.9. The highest BCUT2D eigenvalue weighted by molar-refractivity contribution is 5.81. The lowest BCUT2D eigenvalue weighted by molar-refractivity contribution is -0.122. The van der Waals surface area contributed by atoms with Gasteiger partial charge in [-0.1, -0.05) is 13.8 Å². The van der Waals surface area contributed by atoms with Crippen LogP contribution in [0, 0.1) is 11.3 Å². The summed E-state index contributed by atoms with van der Waals surface area (Å²) in [5, 5.41) is 2.64. The highest BCUT2D eigenvalue weighted by Gasteiger charge is 2.50. The zero-order chi connectivity index (χ0) is 7.07. The SMILES string of the molecule is CNC(=O)C1CC1(C)C. The molecular weight excluding hydrogens is 114 g/mol. The fourth-order valence-corrected chi connectivity index (χ4v) is 1.09. The number of amides is 1. The Morgan fingerprint density at radius 2 is 2.11 bits per heavy atom. The third-order valence-electron chi connectivity index (χ3n) is 2.08. The molecule has 0 aliphatic heterocycles. The molecule has 2 nitrogen and oxygen atoms in total. The van der Waals surface area contributed by atoms with Gasteiger partial charge in [-0.2, -0.15) is 0 Å². The highest BCUT2D eigenvalue weighted by atomic mass is 16.2. The molecule has 52 valence electrons. The lowest BCUT2D eigenvalue weighted by Crippen LogP contribution is -2.21. The van der Waals surface area contributed by atoms with Crippen molar-refractivity contribution in [2.45, 2.75) is 20.3 Å². The molecule has 1 atom stereocenters. The second-order valence-corrected chi connectivity index (χ2v) is 3.36. The second kappa shape index (κ2) is 1.72. The first kappa shape index (κ1) is 6.59. The van der Waals surface area contributed by atoms with E-state index in [1.165, 1.54) is 0 Å². The maximum absolute atomic E-state index is 10.9. The molecule has 1 unspecified atom stereocenters. The van der Waals surface area contributed by atoms with Crippen molar-refractivity contribution in [2.24, 2.45) is 11.3 Å². The van der Waals surface area contributed by atoms with Crippen LogP contribution in [0.5, 0.6) is 0 Å². The van der Waals surface area contributed by atoms with Crippen LogP contribution in [-0.2, 0) is 4.79 Å². The molecule has 1 N–H and O–H groups in total. The van der Waals surface area contributed by atoms with Crippen molar-refractivity contribution in [1.82, 2.24) is 5.32 Å². The van der Waals surface area contributed by atoms with Crippen molar-refractivity contribution in [3.63, 3.8) is 0 Å². The summed E-state index contributed by atoms with van der Waals surface area (Å²) in [5.41, 5.74) is 0.278. The van der Waals surface area contributed by atoms with Crippen LogP contribution in [0.3, 0.4) is 0 Å². The Balaban J connectivity index is 2.42. The van der Waals surface area contributed by atoms with Gasteiger partial charge in [0.1, 0.15) is 0 Å². The number of rotatable bonds is 1. The van der Waals surface area contributed by atoms with Gasteiger partial charge in [0.15, 0.2) is 0 Å². The molecule has 0 radical (unpaired) electrons. The summed E-state index contributed by atoms with van der Waals surface area (Å²) in [7, 11) is 1.69. The van der Waals surface area contributed by atoms with Gasteiger partial charge >= 0.3 is 0 Å². The van der Waals surface area contributed by atoms with E-state index in [9.17, 15) is 4.79 Å². The molecule has 1 aliphatic carbocycles. The normalized spacial score (nSPS) is 29.4. The molecule has 0 aromatic rings. The molecule has 0 aromatic carbocycles. The Bertz CT molecular complexity index is 140. The van der Waals surface area contributed by atoms with Crippen LogP contribution in [0.4, 0.5) is 0 Å². The van der Waals surface area contributed by atoms with Gasteiger partial charge in [-0.15, -0.1) is 0 Å². The average molecular weight is 127 g/mol. The van der Waals surface area contributed by atoms with Crippen LogP contribution >= 0.6 is 0 Å². The van der Waals surface area contributed by atoms with Crippen LogP contribution in [0.1, 0.15) is 20.3 Å². The summed E-state index contributed by atoms with van der Waals surface area (Å²) < 4.78 is 0. The number of carbonyl (C=O) groups is 1. The van der Waals surface area contributed by atoms with Gasteiger partial charge in [0, 0.05) is 13.0 Å². The van der Waals surface area contributed by atoms with E-state index < -0.39 is 0 Å². The number of hydrogen-bond donors (Lipinski definition) is 1. The van der Waals surface area contributed by atoms with Crippen LogP contribution in [-0.4, -0.2) is 13.0 Å². The third kappa shape index (κ3) is 1.07. The summed E-state index contributed by atoms with van der Waals surface area (Å²) in [6.07, 6.45) is 1.05.